The lowest BCUT2D eigenvalue weighted by molar-refractivity contribution is -0.163. The highest BCUT2D eigenvalue weighted by Gasteiger charge is 2.32. The summed E-state index contributed by atoms with van der Waals surface area (Å²) in [6.45, 7) is 11.1. The van der Waals surface area contributed by atoms with Gasteiger partial charge in [0.2, 0.25) is 0 Å². The largest absolute Gasteiger partial charge is 0.455 e. The minimum Gasteiger partial charge on any atom is -0.455 e. The van der Waals surface area contributed by atoms with Crippen LogP contribution in [-0.4, -0.2) is 29.3 Å². The highest BCUT2D eigenvalue weighted by atomic mass is 16.7. The molecule has 0 N–H and O–H groups in total. The van der Waals surface area contributed by atoms with Crippen molar-refractivity contribution in [2.75, 3.05) is 13.2 Å². The lowest BCUT2D eigenvalue weighted by atomic mass is 10.2. The number of ether oxygens (including phenoxy) is 3. The zero-order valence-corrected chi connectivity index (χ0v) is 16.6. The third-order valence-electron chi connectivity index (χ3n) is 5.26. The van der Waals surface area contributed by atoms with Gasteiger partial charge in [0.25, 0.3) is 0 Å². The van der Waals surface area contributed by atoms with Gasteiger partial charge in [-0.3, -0.25) is 4.68 Å². The molecule has 2 fully saturated rings. The van der Waals surface area contributed by atoms with Crippen LogP contribution < -0.4 is 4.74 Å². The van der Waals surface area contributed by atoms with Gasteiger partial charge in [-0.15, -0.1) is 0 Å². The Labute approximate surface area is 170 Å². The molecule has 7 heteroatoms. The fraction of sp³-hybridized carbons (Fsp3) is 0.500. The Morgan fingerprint density at radius 1 is 1.31 bits per heavy atom. The topological polar surface area (TPSA) is 73.7 Å². The van der Waals surface area contributed by atoms with Gasteiger partial charge >= 0.3 is 0 Å². The number of hydrogen-bond donors (Lipinski definition) is 0. The van der Waals surface area contributed by atoms with Crippen molar-refractivity contribution in [2.45, 2.75) is 57.8 Å². The molecule has 7 nitrogen and oxygen atoms in total. The van der Waals surface area contributed by atoms with Gasteiger partial charge < -0.3 is 14.2 Å². The highest BCUT2D eigenvalue weighted by molar-refractivity contribution is 5.56. The van der Waals surface area contributed by atoms with Gasteiger partial charge in [0.05, 0.1) is 31.5 Å². The average molecular weight is 392 g/mol. The minimum absolute atomic E-state index is 0.112. The summed E-state index contributed by atoms with van der Waals surface area (Å²) in [5, 5.41) is 14.0. The molecule has 1 aliphatic carbocycles. The third kappa shape index (κ3) is 4.59. The summed E-state index contributed by atoms with van der Waals surface area (Å²) in [6, 6.07) is 6.96. The van der Waals surface area contributed by atoms with Crippen LogP contribution in [0.1, 0.15) is 55.0 Å². The van der Waals surface area contributed by atoms with E-state index >= 15 is 0 Å². The van der Waals surface area contributed by atoms with E-state index in [1.54, 1.807) is 18.2 Å². The molecular weight excluding hydrogens is 368 g/mol. The van der Waals surface area contributed by atoms with E-state index in [0.717, 1.165) is 55.8 Å². The smallest absolute Gasteiger partial charge is 0.192 e. The first-order valence-corrected chi connectivity index (χ1v) is 10.1. The van der Waals surface area contributed by atoms with Crippen molar-refractivity contribution in [3.05, 3.63) is 46.6 Å². The van der Waals surface area contributed by atoms with E-state index in [9.17, 15) is 5.26 Å². The second kappa shape index (κ2) is 8.65. The van der Waals surface area contributed by atoms with Crippen LogP contribution in [0.15, 0.2) is 18.2 Å². The van der Waals surface area contributed by atoms with Crippen LogP contribution in [0.2, 0.25) is 0 Å². The Bertz CT molecular complexity index is 927. The molecule has 1 atom stereocenters. The quantitative estimate of drug-likeness (QED) is 0.631. The summed E-state index contributed by atoms with van der Waals surface area (Å²) in [5.74, 6) is 1.63. The van der Waals surface area contributed by atoms with Crippen molar-refractivity contribution < 1.29 is 14.2 Å². The summed E-state index contributed by atoms with van der Waals surface area (Å²) < 4.78 is 19.6. The fourth-order valence-corrected chi connectivity index (χ4v) is 3.52. The van der Waals surface area contributed by atoms with Crippen molar-refractivity contribution in [1.29, 1.82) is 5.26 Å². The van der Waals surface area contributed by atoms with Crippen LogP contribution in [0.25, 0.3) is 4.85 Å². The maximum Gasteiger partial charge on any atom is 0.192 e. The van der Waals surface area contributed by atoms with Gasteiger partial charge in [0.1, 0.15) is 11.4 Å². The van der Waals surface area contributed by atoms with Gasteiger partial charge in [-0.05, 0) is 57.2 Å². The molecular formula is C22H24N4O3. The Balaban J connectivity index is 1.51. The molecule has 4 rings (SSSR count). The Hall–Kier alpha value is -2.87. The Morgan fingerprint density at radius 3 is 2.86 bits per heavy atom. The zero-order chi connectivity index (χ0) is 20.2. The zero-order valence-electron chi connectivity index (χ0n) is 16.6. The lowest BCUT2D eigenvalue weighted by Gasteiger charge is -2.22. The standard InChI is InChI=1S/C22H24N4O3/c1-15-22(29-19-12-16(14-23)11-18(13-19)24-2)21(17-6-7-17)25-26(15)8-10-28-20-5-3-4-9-27-20/h11-13,17,20H,3-10H2,1H3. The van der Waals surface area contributed by atoms with Gasteiger partial charge in [-0.1, -0.05) is 0 Å². The molecule has 0 bridgehead atoms. The van der Waals surface area contributed by atoms with E-state index in [4.69, 9.17) is 25.9 Å². The lowest BCUT2D eigenvalue weighted by Crippen LogP contribution is -2.24. The first-order chi connectivity index (χ1) is 14.2. The van der Waals surface area contributed by atoms with Gasteiger partial charge in [-0.25, -0.2) is 4.85 Å². The van der Waals surface area contributed by atoms with Gasteiger partial charge in [0, 0.05) is 18.1 Å². The Kier molecular flexibility index (Phi) is 5.80. The first kappa shape index (κ1) is 19.4. The molecule has 2 aliphatic rings. The molecule has 150 valence electrons. The van der Waals surface area contributed by atoms with Crippen LogP contribution in [0.4, 0.5) is 5.69 Å². The summed E-state index contributed by atoms with van der Waals surface area (Å²) >= 11 is 0. The number of rotatable bonds is 7. The van der Waals surface area contributed by atoms with Crippen LogP contribution in [0.5, 0.6) is 11.5 Å². The SMILES string of the molecule is [C-]#[N+]c1cc(C#N)cc(Oc2c(C3CC3)nn(CCOC3CCCCO3)c2C)c1. The predicted molar refractivity (Wildman–Crippen MR) is 106 cm³/mol. The highest BCUT2D eigenvalue weighted by Crippen LogP contribution is 2.46. The molecule has 0 radical (unpaired) electrons. The van der Waals surface area contributed by atoms with Crippen LogP contribution in [-0.2, 0) is 16.0 Å². The van der Waals surface area contributed by atoms with Crippen molar-refractivity contribution in [1.82, 2.24) is 9.78 Å². The van der Waals surface area contributed by atoms with Crippen molar-refractivity contribution in [2.24, 2.45) is 0 Å². The van der Waals surface area contributed by atoms with Crippen molar-refractivity contribution in [3.63, 3.8) is 0 Å². The number of aromatic nitrogens is 2. The summed E-state index contributed by atoms with van der Waals surface area (Å²) in [5.41, 5.74) is 2.67. The van der Waals surface area contributed by atoms with E-state index < -0.39 is 0 Å². The monoisotopic (exact) mass is 392 g/mol. The van der Waals surface area contributed by atoms with E-state index in [-0.39, 0.29) is 6.29 Å². The molecule has 1 aromatic heterocycles. The molecule has 0 amide bonds. The fourth-order valence-electron chi connectivity index (χ4n) is 3.52. The van der Waals surface area contributed by atoms with E-state index in [1.165, 1.54) is 0 Å². The van der Waals surface area contributed by atoms with E-state index in [0.29, 0.717) is 36.1 Å². The summed E-state index contributed by atoms with van der Waals surface area (Å²) in [7, 11) is 0. The first-order valence-electron chi connectivity index (χ1n) is 10.1. The molecule has 29 heavy (non-hydrogen) atoms. The van der Waals surface area contributed by atoms with Gasteiger partial charge in [0.15, 0.2) is 17.7 Å². The normalized spacial score (nSPS) is 18.8. The predicted octanol–water partition coefficient (Wildman–Crippen LogP) is 4.83. The minimum atomic E-state index is -0.112. The molecule has 1 unspecified atom stereocenters. The Morgan fingerprint density at radius 2 is 2.17 bits per heavy atom. The van der Waals surface area contributed by atoms with Crippen LogP contribution in [0, 0.1) is 24.8 Å². The second-order valence-electron chi connectivity index (χ2n) is 7.51. The summed E-state index contributed by atoms with van der Waals surface area (Å²) in [6.07, 6.45) is 5.28. The molecule has 0 spiro atoms. The number of nitriles is 1. The molecule has 1 aromatic carbocycles. The van der Waals surface area contributed by atoms with Crippen LogP contribution in [0.3, 0.4) is 0 Å². The number of nitrogens with zero attached hydrogens (tertiary/aromatic N) is 4. The molecule has 1 saturated carbocycles. The molecule has 1 aliphatic heterocycles. The second-order valence-corrected chi connectivity index (χ2v) is 7.51. The van der Waals surface area contributed by atoms with Crippen molar-refractivity contribution in [3.8, 4) is 17.6 Å². The maximum atomic E-state index is 9.22. The van der Waals surface area contributed by atoms with Crippen molar-refractivity contribution >= 4 is 5.69 Å². The maximum absolute atomic E-state index is 9.22. The summed E-state index contributed by atoms with van der Waals surface area (Å²) in [4.78, 5) is 3.43. The molecule has 1 saturated heterocycles. The third-order valence-corrected chi connectivity index (χ3v) is 5.26. The number of benzene rings is 1. The average Bonchev–Trinajstić information content (AvgIpc) is 3.55. The van der Waals surface area contributed by atoms with E-state index in [2.05, 4.69) is 10.9 Å². The molecule has 2 heterocycles. The molecule has 2 aromatic rings. The van der Waals surface area contributed by atoms with Crippen LogP contribution >= 0.6 is 0 Å². The van der Waals surface area contributed by atoms with Gasteiger partial charge in [-0.2, -0.15) is 10.4 Å². The number of hydrogen-bond acceptors (Lipinski definition) is 5. The van der Waals surface area contributed by atoms with E-state index in [1.807, 2.05) is 11.6 Å².